The molecule has 0 amide bonds. The maximum atomic E-state index is 11.1. The minimum Gasteiger partial charge on any atom is -0.295 e. The van der Waals surface area contributed by atoms with Gasteiger partial charge in [0, 0.05) is 5.92 Å². The van der Waals surface area contributed by atoms with Crippen molar-refractivity contribution in [3.8, 4) is 0 Å². The Morgan fingerprint density at radius 3 is 2.90 bits per heavy atom. The highest BCUT2D eigenvalue weighted by atomic mass is 16.1. The van der Waals surface area contributed by atoms with Gasteiger partial charge in [0.1, 0.15) is 0 Å². The van der Waals surface area contributed by atoms with Crippen LogP contribution in [0.5, 0.6) is 0 Å². The Balaban J connectivity index is 2.14. The van der Waals surface area contributed by atoms with Gasteiger partial charge in [0.2, 0.25) is 0 Å². The third-order valence-corrected chi connectivity index (χ3v) is 2.69. The molecule has 2 atom stereocenters. The predicted octanol–water partition coefficient (Wildman–Crippen LogP) is 1.93. The highest BCUT2D eigenvalue weighted by molar-refractivity contribution is 5.94. The van der Waals surface area contributed by atoms with Gasteiger partial charge in [-0.1, -0.05) is 18.9 Å². The molecule has 54 valence electrons. The van der Waals surface area contributed by atoms with Crippen molar-refractivity contribution in [1.82, 2.24) is 0 Å². The standard InChI is InChI=1S/C9H12O/c10-9-6-5-7-3-1-2-4-8(7)9/h5-8H,1-4H2/t7-,8+/m1/s1. The minimum absolute atomic E-state index is 0.379. The average molecular weight is 136 g/mol. The predicted molar refractivity (Wildman–Crippen MR) is 39.6 cm³/mol. The van der Waals surface area contributed by atoms with Crippen LogP contribution in [0.25, 0.3) is 0 Å². The normalized spacial score (nSPS) is 38.2. The van der Waals surface area contributed by atoms with E-state index in [2.05, 4.69) is 6.08 Å². The number of allylic oxidation sites excluding steroid dienone is 2. The molecular weight excluding hydrogens is 124 g/mol. The summed E-state index contributed by atoms with van der Waals surface area (Å²) in [5.74, 6) is 1.37. The first-order chi connectivity index (χ1) is 4.88. The van der Waals surface area contributed by atoms with Crippen molar-refractivity contribution in [3.05, 3.63) is 12.2 Å². The van der Waals surface area contributed by atoms with Gasteiger partial charge in [-0.15, -0.1) is 0 Å². The summed E-state index contributed by atoms with van der Waals surface area (Å²) in [5, 5.41) is 0. The summed E-state index contributed by atoms with van der Waals surface area (Å²) in [6, 6.07) is 0. The summed E-state index contributed by atoms with van der Waals surface area (Å²) in [4.78, 5) is 11.1. The lowest BCUT2D eigenvalue weighted by Crippen LogP contribution is -2.19. The van der Waals surface area contributed by atoms with Gasteiger partial charge in [0.15, 0.2) is 5.78 Å². The summed E-state index contributed by atoms with van der Waals surface area (Å²) in [7, 11) is 0. The van der Waals surface area contributed by atoms with E-state index in [-0.39, 0.29) is 0 Å². The van der Waals surface area contributed by atoms with Crippen LogP contribution >= 0.6 is 0 Å². The van der Waals surface area contributed by atoms with Crippen molar-refractivity contribution in [2.75, 3.05) is 0 Å². The van der Waals surface area contributed by atoms with Crippen molar-refractivity contribution in [2.45, 2.75) is 25.7 Å². The first-order valence-electron chi connectivity index (χ1n) is 4.10. The van der Waals surface area contributed by atoms with E-state index in [4.69, 9.17) is 0 Å². The van der Waals surface area contributed by atoms with Crippen LogP contribution in [0.4, 0.5) is 0 Å². The fourth-order valence-electron chi connectivity index (χ4n) is 2.09. The third kappa shape index (κ3) is 0.808. The maximum absolute atomic E-state index is 11.1. The van der Waals surface area contributed by atoms with Crippen LogP contribution in [0, 0.1) is 11.8 Å². The maximum Gasteiger partial charge on any atom is 0.159 e. The summed E-state index contributed by atoms with van der Waals surface area (Å²) in [5.41, 5.74) is 0. The zero-order chi connectivity index (χ0) is 6.97. The molecule has 10 heavy (non-hydrogen) atoms. The fraction of sp³-hybridized carbons (Fsp3) is 0.667. The third-order valence-electron chi connectivity index (χ3n) is 2.69. The van der Waals surface area contributed by atoms with E-state index in [9.17, 15) is 4.79 Å². The lowest BCUT2D eigenvalue weighted by Gasteiger charge is -2.22. The Bertz CT molecular complexity index is 181. The minimum atomic E-state index is 0.379. The second kappa shape index (κ2) is 2.22. The van der Waals surface area contributed by atoms with Crippen LogP contribution in [0.3, 0.4) is 0 Å². The van der Waals surface area contributed by atoms with Gasteiger partial charge in [0.05, 0.1) is 0 Å². The smallest absolute Gasteiger partial charge is 0.159 e. The number of rotatable bonds is 0. The Hall–Kier alpha value is -0.590. The summed E-state index contributed by atoms with van der Waals surface area (Å²) in [6.45, 7) is 0. The molecule has 0 aromatic carbocycles. The molecule has 1 saturated carbocycles. The van der Waals surface area contributed by atoms with Crippen molar-refractivity contribution in [1.29, 1.82) is 0 Å². The molecule has 0 aromatic heterocycles. The number of hydrogen-bond acceptors (Lipinski definition) is 1. The highest BCUT2D eigenvalue weighted by Crippen LogP contribution is 2.35. The van der Waals surface area contributed by atoms with E-state index in [1.807, 2.05) is 0 Å². The summed E-state index contributed by atoms with van der Waals surface area (Å²) >= 11 is 0. The number of carbonyl (C=O) groups excluding carboxylic acids is 1. The highest BCUT2D eigenvalue weighted by Gasteiger charge is 2.31. The number of hydrogen-bond donors (Lipinski definition) is 0. The quantitative estimate of drug-likeness (QED) is 0.497. The van der Waals surface area contributed by atoms with Crippen LogP contribution in [-0.4, -0.2) is 5.78 Å². The van der Waals surface area contributed by atoms with E-state index in [1.54, 1.807) is 6.08 Å². The van der Waals surface area contributed by atoms with Gasteiger partial charge >= 0.3 is 0 Å². The molecule has 1 nitrogen and oxygen atoms in total. The van der Waals surface area contributed by atoms with E-state index in [1.165, 1.54) is 19.3 Å². The molecule has 0 heterocycles. The largest absolute Gasteiger partial charge is 0.295 e. The SMILES string of the molecule is O=C1C=C[C@H]2CCCC[C@H]12. The van der Waals surface area contributed by atoms with Crippen LogP contribution in [0.15, 0.2) is 12.2 Å². The van der Waals surface area contributed by atoms with E-state index in [0.29, 0.717) is 17.6 Å². The van der Waals surface area contributed by atoms with Crippen LogP contribution < -0.4 is 0 Å². The van der Waals surface area contributed by atoms with E-state index >= 15 is 0 Å². The zero-order valence-electron chi connectivity index (χ0n) is 6.05. The molecule has 0 bridgehead atoms. The zero-order valence-corrected chi connectivity index (χ0v) is 6.05. The second-order valence-electron chi connectivity index (χ2n) is 3.32. The van der Waals surface area contributed by atoms with Gasteiger partial charge in [-0.2, -0.15) is 0 Å². The molecule has 0 saturated heterocycles. The number of fused-ring (bicyclic) bond motifs is 1. The molecular formula is C9H12O. The van der Waals surface area contributed by atoms with Crippen LogP contribution in [-0.2, 0) is 4.79 Å². The topological polar surface area (TPSA) is 17.1 Å². The van der Waals surface area contributed by atoms with E-state index in [0.717, 1.165) is 6.42 Å². The summed E-state index contributed by atoms with van der Waals surface area (Å²) < 4.78 is 0. The Labute approximate surface area is 61.1 Å². The molecule has 1 fully saturated rings. The first kappa shape index (κ1) is 6.14. The molecule has 0 N–H and O–H groups in total. The van der Waals surface area contributed by atoms with Crippen molar-refractivity contribution < 1.29 is 4.79 Å². The van der Waals surface area contributed by atoms with Crippen molar-refractivity contribution >= 4 is 5.78 Å². The van der Waals surface area contributed by atoms with Gasteiger partial charge in [-0.25, -0.2) is 0 Å². The van der Waals surface area contributed by atoms with Crippen molar-refractivity contribution in [2.24, 2.45) is 11.8 Å². The lowest BCUT2D eigenvalue weighted by molar-refractivity contribution is -0.119. The number of carbonyl (C=O) groups is 1. The Morgan fingerprint density at radius 2 is 2.10 bits per heavy atom. The summed E-state index contributed by atoms with van der Waals surface area (Å²) in [6.07, 6.45) is 8.84. The average Bonchev–Trinajstić information content (AvgIpc) is 2.34. The van der Waals surface area contributed by atoms with Gasteiger partial charge in [-0.05, 0) is 24.8 Å². The fourth-order valence-corrected chi connectivity index (χ4v) is 2.09. The van der Waals surface area contributed by atoms with Gasteiger partial charge in [0.25, 0.3) is 0 Å². The first-order valence-corrected chi connectivity index (χ1v) is 4.10. The molecule has 0 spiro atoms. The lowest BCUT2D eigenvalue weighted by atomic mass is 9.81. The van der Waals surface area contributed by atoms with Gasteiger partial charge < -0.3 is 0 Å². The number of ketones is 1. The molecule has 0 aromatic rings. The molecule has 0 aliphatic heterocycles. The molecule has 1 heteroatoms. The van der Waals surface area contributed by atoms with E-state index < -0.39 is 0 Å². The van der Waals surface area contributed by atoms with Crippen molar-refractivity contribution in [3.63, 3.8) is 0 Å². The molecule has 2 aliphatic rings. The Kier molecular flexibility index (Phi) is 1.37. The monoisotopic (exact) mass is 136 g/mol. The second-order valence-corrected chi connectivity index (χ2v) is 3.32. The molecule has 2 aliphatic carbocycles. The van der Waals surface area contributed by atoms with Gasteiger partial charge in [-0.3, -0.25) is 4.79 Å². The van der Waals surface area contributed by atoms with Crippen LogP contribution in [0.2, 0.25) is 0 Å². The molecule has 0 unspecified atom stereocenters. The Morgan fingerprint density at radius 1 is 1.30 bits per heavy atom. The molecule has 2 rings (SSSR count). The molecule has 0 radical (unpaired) electrons. The van der Waals surface area contributed by atoms with Crippen LogP contribution in [0.1, 0.15) is 25.7 Å².